The van der Waals surface area contributed by atoms with E-state index in [4.69, 9.17) is 5.11 Å². The fraction of sp³-hybridized carbons (Fsp3) is 0.583. The van der Waals surface area contributed by atoms with Gasteiger partial charge in [0.1, 0.15) is 6.04 Å². The molecule has 0 aliphatic heterocycles. The van der Waals surface area contributed by atoms with Gasteiger partial charge in [-0.05, 0) is 12.3 Å². The average Bonchev–Trinajstić information content (AvgIpc) is 2.80. The molecule has 0 aliphatic rings. The summed E-state index contributed by atoms with van der Waals surface area (Å²) in [6, 6.07) is -1.32. The molecule has 1 aromatic heterocycles. The maximum atomic E-state index is 11.6. The molecule has 4 N–H and O–H groups in total. The molecular formula is C12H20N4O3. The molecule has 0 aromatic carbocycles. The molecule has 7 nitrogen and oxygen atoms in total. The highest BCUT2D eigenvalue weighted by Crippen LogP contribution is 2.04. The van der Waals surface area contributed by atoms with E-state index in [2.05, 4.69) is 20.6 Å². The number of carbonyl (C=O) groups is 2. The molecule has 0 aliphatic carbocycles. The molecule has 1 heterocycles. The van der Waals surface area contributed by atoms with Crippen molar-refractivity contribution in [2.75, 3.05) is 6.54 Å². The van der Waals surface area contributed by atoms with E-state index in [-0.39, 0.29) is 5.92 Å². The largest absolute Gasteiger partial charge is 0.480 e. The lowest BCUT2D eigenvalue weighted by molar-refractivity contribution is -0.139. The Morgan fingerprint density at radius 1 is 1.47 bits per heavy atom. The van der Waals surface area contributed by atoms with Crippen LogP contribution < -0.4 is 10.6 Å². The van der Waals surface area contributed by atoms with Crippen molar-refractivity contribution in [1.29, 1.82) is 0 Å². The summed E-state index contributed by atoms with van der Waals surface area (Å²) in [5, 5.41) is 14.1. The van der Waals surface area contributed by atoms with Gasteiger partial charge in [0.2, 0.25) is 0 Å². The number of aromatic amines is 1. The molecule has 0 radical (unpaired) electrons. The highest BCUT2D eigenvalue weighted by molar-refractivity contribution is 5.82. The first-order valence-corrected chi connectivity index (χ1v) is 6.23. The van der Waals surface area contributed by atoms with Gasteiger partial charge in [-0.3, -0.25) is 0 Å². The highest BCUT2D eigenvalue weighted by Gasteiger charge is 2.20. The molecular weight excluding hydrogens is 248 g/mol. The van der Waals surface area contributed by atoms with Crippen LogP contribution in [-0.2, 0) is 11.2 Å². The molecule has 1 aromatic rings. The minimum Gasteiger partial charge on any atom is -0.480 e. The molecule has 1 rings (SSSR count). The van der Waals surface area contributed by atoms with Gasteiger partial charge >= 0.3 is 12.0 Å². The zero-order valence-corrected chi connectivity index (χ0v) is 11.1. The van der Waals surface area contributed by atoms with Gasteiger partial charge in [-0.2, -0.15) is 0 Å². The number of rotatable bonds is 7. The maximum absolute atomic E-state index is 11.6. The fourth-order valence-electron chi connectivity index (χ4n) is 1.63. The van der Waals surface area contributed by atoms with E-state index in [9.17, 15) is 9.59 Å². The molecule has 0 spiro atoms. The van der Waals surface area contributed by atoms with Crippen molar-refractivity contribution in [3.05, 3.63) is 18.2 Å². The third kappa shape index (κ3) is 5.89. The zero-order chi connectivity index (χ0) is 14.3. The van der Waals surface area contributed by atoms with Crippen LogP contribution in [-0.4, -0.2) is 39.7 Å². The van der Waals surface area contributed by atoms with Crippen molar-refractivity contribution >= 4 is 12.0 Å². The number of nitrogens with one attached hydrogen (secondary N) is 3. The van der Waals surface area contributed by atoms with Gasteiger partial charge in [0, 0.05) is 24.9 Å². The van der Waals surface area contributed by atoms with Crippen LogP contribution in [0.4, 0.5) is 4.79 Å². The van der Waals surface area contributed by atoms with E-state index >= 15 is 0 Å². The van der Waals surface area contributed by atoms with Crippen molar-refractivity contribution in [3.63, 3.8) is 0 Å². The summed E-state index contributed by atoms with van der Waals surface area (Å²) in [7, 11) is 0. The Morgan fingerprint density at radius 2 is 2.21 bits per heavy atom. The lowest BCUT2D eigenvalue weighted by Crippen LogP contribution is -2.47. The Balaban J connectivity index is 2.30. The summed E-state index contributed by atoms with van der Waals surface area (Å²) in [6.07, 6.45) is 4.27. The van der Waals surface area contributed by atoms with Crippen LogP contribution in [0.2, 0.25) is 0 Å². The molecule has 0 bridgehead atoms. The first kappa shape index (κ1) is 15.0. The second kappa shape index (κ2) is 7.40. The van der Waals surface area contributed by atoms with Crippen LogP contribution >= 0.6 is 0 Å². The van der Waals surface area contributed by atoms with E-state index in [1.807, 2.05) is 13.8 Å². The predicted molar refractivity (Wildman–Crippen MR) is 69.7 cm³/mol. The molecule has 0 saturated carbocycles. The highest BCUT2D eigenvalue weighted by atomic mass is 16.4. The molecule has 106 valence electrons. The third-order valence-corrected chi connectivity index (χ3v) is 2.55. The quantitative estimate of drug-likeness (QED) is 0.585. The zero-order valence-electron chi connectivity index (χ0n) is 11.1. The minimum atomic E-state index is -1.02. The van der Waals surface area contributed by atoms with Crippen LogP contribution in [0.15, 0.2) is 12.5 Å². The summed E-state index contributed by atoms with van der Waals surface area (Å²) in [5.74, 6) is -0.816. The second-order valence-corrected chi connectivity index (χ2v) is 4.75. The van der Waals surface area contributed by atoms with Crippen LogP contribution in [0.25, 0.3) is 0 Å². The molecule has 0 unspecified atom stereocenters. The van der Waals surface area contributed by atoms with Gasteiger partial charge in [0.25, 0.3) is 0 Å². The lowest BCUT2D eigenvalue weighted by atomic mass is 10.0. The van der Waals surface area contributed by atoms with Crippen molar-refractivity contribution in [2.24, 2.45) is 5.92 Å². The van der Waals surface area contributed by atoms with Gasteiger partial charge in [-0.25, -0.2) is 14.6 Å². The normalized spacial score (nSPS) is 12.2. The average molecular weight is 268 g/mol. The number of carbonyl (C=O) groups excluding carboxylic acids is 1. The number of aromatic nitrogens is 2. The summed E-state index contributed by atoms with van der Waals surface area (Å²) < 4.78 is 0. The molecule has 0 saturated heterocycles. The first-order valence-electron chi connectivity index (χ1n) is 6.23. The monoisotopic (exact) mass is 268 g/mol. The second-order valence-electron chi connectivity index (χ2n) is 4.75. The fourth-order valence-corrected chi connectivity index (χ4v) is 1.63. The number of imidazole rings is 1. The predicted octanol–water partition coefficient (Wildman–Crippen LogP) is 0.751. The molecule has 0 fully saturated rings. The van der Waals surface area contributed by atoms with Crippen LogP contribution in [0.1, 0.15) is 26.0 Å². The van der Waals surface area contributed by atoms with Crippen LogP contribution in [0.3, 0.4) is 0 Å². The number of H-pyrrole nitrogens is 1. The van der Waals surface area contributed by atoms with Crippen molar-refractivity contribution in [1.82, 2.24) is 20.6 Å². The SMILES string of the molecule is CC(C)C[C@H](NC(=O)NCCc1cnc[nH]1)C(=O)O. The smallest absolute Gasteiger partial charge is 0.326 e. The van der Waals surface area contributed by atoms with Crippen molar-refractivity contribution < 1.29 is 14.7 Å². The third-order valence-electron chi connectivity index (χ3n) is 2.55. The summed E-state index contributed by atoms with van der Waals surface area (Å²) in [5.41, 5.74) is 0.914. The molecule has 2 amide bonds. The van der Waals surface area contributed by atoms with Gasteiger partial charge in [-0.1, -0.05) is 13.8 Å². The minimum absolute atomic E-state index is 0.200. The van der Waals surface area contributed by atoms with E-state index in [1.54, 1.807) is 12.5 Å². The Morgan fingerprint density at radius 3 is 2.74 bits per heavy atom. The number of urea groups is 1. The molecule has 1 atom stereocenters. The molecule has 7 heteroatoms. The van der Waals surface area contributed by atoms with Gasteiger partial charge in [0.05, 0.1) is 6.33 Å². The van der Waals surface area contributed by atoms with Gasteiger partial charge in [0.15, 0.2) is 0 Å². The number of hydrogen-bond donors (Lipinski definition) is 4. The Hall–Kier alpha value is -2.05. The Labute approximate surface area is 111 Å². The lowest BCUT2D eigenvalue weighted by Gasteiger charge is -2.16. The van der Waals surface area contributed by atoms with Gasteiger partial charge < -0.3 is 20.7 Å². The van der Waals surface area contributed by atoms with Crippen LogP contribution in [0.5, 0.6) is 0 Å². The first-order chi connectivity index (χ1) is 8.99. The number of carboxylic acids is 1. The van der Waals surface area contributed by atoms with Gasteiger partial charge in [-0.15, -0.1) is 0 Å². The Bertz CT molecular complexity index is 403. The van der Waals surface area contributed by atoms with Crippen molar-refractivity contribution in [3.8, 4) is 0 Å². The van der Waals surface area contributed by atoms with Crippen molar-refractivity contribution in [2.45, 2.75) is 32.7 Å². The summed E-state index contributed by atoms with van der Waals surface area (Å²) in [4.78, 5) is 29.3. The maximum Gasteiger partial charge on any atom is 0.326 e. The summed E-state index contributed by atoms with van der Waals surface area (Å²) >= 11 is 0. The standard InChI is InChI=1S/C12H20N4O3/c1-8(2)5-10(11(17)18)16-12(19)14-4-3-9-6-13-7-15-9/h6-8,10H,3-5H2,1-2H3,(H,13,15)(H,17,18)(H2,14,16,19)/t10-/m0/s1. The number of carboxylic acid groups (broad SMARTS) is 1. The number of hydrogen-bond acceptors (Lipinski definition) is 3. The number of nitrogens with zero attached hydrogens (tertiary/aromatic N) is 1. The summed E-state index contributed by atoms with van der Waals surface area (Å²) in [6.45, 7) is 4.24. The Kier molecular flexibility index (Phi) is 5.84. The van der Waals surface area contributed by atoms with E-state index in [1.165, 1.54) is 0 Å². The van der Waals surface area contributed by atoms with Crippen LogP contribution in [0, 0.1) is 5.92 Å². The van der Waals surface area contributed by atoms with E-state index < -0.39 is 18.0 Å². The van der Waals surface area contributed by atoms with E-state index in [0.717, 1.165) is 5.69 Å². The number of aliphatic carboxylic acids is 1. The van der Waals surface area contributed by atoms with E-state index in [0.29, 0.717) is 19.4 Å². The number of amides is 2. The topological polar surface area (TPSA) is 107 Å². The molecule has 19 heavy (non-hydrogen) atoms.